The Morgan fingerprint density at radius 1 is 1.44 bits per heavy atom. The lowest BCUT2D eigenvalue weighted by molar-refractivity contribution is -0.206. The minimum absolute atomic E-state index is 0.0264. The van der Waals surface area contributed by atoms with E-state index < -0.39 is 12.3 Å². The summed E-state index contributed by atoms with van der Waals surface area (Å²) in [5.74, 6) is -0.337. The van der Waals surface area contributed by atoms with Crippen LogP contribution in [0.5, 0.6) is 0 Å². The van der Waals surface area contributed by atoms with Gasteiger partial charge in [0.1, 0.15) is 0 Å². The Labute approximate surface area is 98.2 Å². The molecule has 0 saturated heterocycles. The quantitative estimate of drug-likeness (QED) is 0.688. The maximum atomic E-state index is 12.2. The Balaban J connectivity index is 3.03. The van der Waals surface area contributed by atoms with Gasteiger partial charge in [-0.2, -0.15) is 13.2 Å². The van der Waals surface area contributed by atoms with Crippen molar-refractivity contribution in [3.05, 3.63) is 35.4 Å². The minimum Gasteiger partial charge on any atom is -0.379 e. The Morgan fingerprint density at radius 2 is 2.06 bits per heavy atom. The molecule has 0 aliphatic rings. The van der Waals surface area contributed by atoms with Crippen molar-refractivity contribution in [3.63, 3.8) is 0 Å². The molecule has 2 nitrogen and oxygen atoms in total. The molecule has 0 saturated carbocycles. The van der Waals surface area contributed by atoms with Crippen LogP contribution in [-0.2, 0) is 0 Å². The summed E-state index contributed by atoms with van der Waals surface area (Å²) in [4.78, 5) is 11.2. The van der Waals surface area contributed by atoms with Crippen molar-refractivity contribution < 1.29 is 23.1 Å². The van der Waals surface area contributed by atoms with Crippen LogP contribution in [0.25, 0.3) is 0 Å². The van der Waals surface area contributed by atoms with Gasteiger partial charge in [0.2, 0.25) is 0 Å². The summed E-state index contributed by atoms with van der Waals surface area (Å²) in [5.41, 5.74) is -0.197. The second kappa shape index (κ2) is 4.97. The van der Waals surface area contributed by atoms with E-state index in [9.17, 15) is 18.0 Å². The first-order valence-electron chi connectivity index (χ1n) is 4.30. The van der Waals surface area contributed by atoms with Gasteiger partial charge in [0.05, 0.1) is 5.33 Å². The predicted octanol–water partition coefficient (Wildman–Crippen LogP) is 2.86. The van der Waals surface area contributed by atoms with E-state index in [2.05, 4.69) is 15.9 Å². The van der Waals surface area contributed by atoms with E-state index in [1.165, 1.54) is 12.1 Å². The van der Waals surface area contributed by atoms with Gasteiger partial charge in [-0.3, -0.25) is 4.79 Å². The Morgan fingerprint density at radius 3 is 2.56 bits per heavy atom. The van der Waals surface area contributed by atoms with Crippen LogP contribution < -0.4 is 0 Å². The number of benzene rings is 1. The lowest BCUT2D eigenvalue weighted by atomic mass is 10.0. The largest absolute Gasteiger partial charge is 0.418 e. The molecule has 0 aromatic heterocycles. The van der Waals surface area contributed by atoms with Crippen LogP contribution >= 0.6 is 15.9 Å². The number of carbonyl (C=O) groups excluding carboxylic acids is 1. The molecule has 0 heterocycles. The van der Waals surface area contributed by atoms with Gasteiger partial charge in [0, 0.05) is 5.56 Å². The maximum Gasteiger partial charge on any atom is 0.418 e. The molecule has 0 amide bonds. The summed E-state index contributed by atoms with van der Waals surface area (Å²) >= 11 is 2.92. The van der Waals surface area contributed by atoms with Crippen LogP contribution in [0.2, 0.25) is 0 Å². The van der Waals surface area contributed by atoms with Crippen LogP contribution in [-0.4, -0.2) is 22.4 Å². The van der Waals surface area contributed by atoms with Crippen molar-refractivity contribution in [1.29, 1.82) is 0 Å². The van der Waals surface area contributed by atoms with Crippen LogP contribution in [0.15, 0.2) is 24.3 Å². The number of hydrogen-bond donors (Lipinski definition) is 1. The molecule has 1 atom stereocenters. The summed E-state index contributed by atoms with van der Waals surface area (Å²) in [5, 5.41) is 9.01. The summed E-state index contributed by atoms with van der Waals surface area (Å²) < 4.78 is 36.6. The molecule has 0 aliphatic carbocycles. The average molecular weight is 297 g/mol. The number of halogens is 4. The van der Waals surface area contributed by atoms with Gasteiger partial charge in [-0.15, -0.1) is 0 Å². The van der Waals surface area contributed by atoms with Crippen molar-refractivity contribution in [2.24, 2.45) is 0 Å². The lowest BCUT2D eigenvalue weighted by Gasteiger charge is -2.15. The standard InChI is InChI=1S/C10H8BrF3O2/c11-5-8(15)6-2-1-3-7(4-6)9(16)10(12,13)14/h1-4,9,16H,5H2. The zero-order valence-electron chi connectivity index (χ0n) is 7.96. The molecule has 1 aromatic rings. The molecule has 1 rings (SSSR count). The van der Waals surface area contributed by atoms with E-state index in [1.807, 2.05) is 0 Å². The first-order chi connectivity index (χ1) is 7.36. The van der Waals surface area contributed by atoms with E-state index in [-0.39, 0.29) is 22.2 Å². The van der Waals surface area contributed by atoms with Gasteiger partial charge >= 0.3 is 6.18 Å². The van der Waals surface area contributed by atoms with Gasteiger partial charge < -0.3 is 5.11 Å². The van der Waals surface area contributed by atoms with Crippen molar-refractivity contribution in [2.75, 3.05) is 5.33 Å². The molecule has 1 unspecified atom stereocenters. The van der Waals surface area contributed by atoms with Crippen LogP contribution in [0.3, 0.4) is 0 Å². The van der Waals surface area contributed by atoms with Crippen molar-refractivity contribution in [3.8, 4) is 0 Å². The zero-order valence-corrected chi connectivity index (χ0v) is 9.55. The summed E-state index contributed by atoms with van der Waals surface area (Å²) in [7, 11) is 0. The number of carbonyl (C=O) groups is 1. The highest BCUT2D eigenvalue weighted by molar-refractivity contribution is 9.09. The van der Waals surface area contributed by atoms with E-state index in [1.54, 1.807) is 0 Å². The van der Waals surface area contributed by atoms with Gasteiger partial charge in [-0.25, -0.2) is 0 Å². The SMILES string of the molecule is O=C(CBr)c1cccc(C(O)C(F)(F)F)c1. The predicted molar refractivity (Wildman–Crippen MR) is 55.6 cm³/mol. The van der Waals surface area contributed by atoms with Gasteiger partial charge in [-0.05, 0) is 11.6 Å². The molecule has 88 valence electrons. The van der Waals surface area contributed by atoms with E-state index in [4.69, 9.17) is 5.11 Å². The number of aliphatic hydroxyl groups is 1. The van der Waals surface area contributed by atoms with E-state index in [0.29, 0.717) is 0 Å². The van der Waals surface area contributed by atoms with Crippen molar-refractivity contribution in [1.82, 2.24) is 0 Å². The lowest BCUT2D eigenvalue weighted by Crippen LogP contribution is -2.20. The number of alkyl halides is 4. The highest BCUT2D eigenvalue weighted by Gasteiger charge is 2.39. The van der Waals surface area contributed by atoms with Crippen LogP contribution in [0.1, 0.15) is 22.0 Å². The molecular weight excluding hydrogens is 289 g/mol. The van der Waals surface area contributed by atoms with E-state index >= 15 is 0 Å². The number of rotatable bonds is 3. The highest BCUT2D eigenvalue weighted by atomic mass is 79.9. The third-order valence-electron chi connectivity index (χ3n) is 1.96. The Bertz CT molecular complexity index is 390. The summed E-state index contributed by atoms with van der Waals surface area (Å²) in [6.07, 6.45) is -7.29. The maximum absolute atomic E-state index is 12.2. The molecule has 1 aromatic carbocycles. The fourth-order valence-electron chi connectivity index (χ4n) is 1.15. The van der Waals surface area contributed by atoms with E-state index in [0.717, 1.165) is 12.1 Å². The molecule has 0 fully saturated rings. The fourth-order valence-corrected chi connectivity index (χ4v) is 1.47. The second-order valence-corrected chi connectivity index (χ2v) is 3.69. The molecule has 0 bridgehead atoms. The highest BCUT2D eigenvalue weighted by Crippen LogP contribution is 2.32. The molecular formula is C10H8BrF3O2. The molecule has 1 N–H and O–H groups in total. The third-order valence-corrected chi connectivity index (χ3v) is 2.47. The number of ketones is 1. The van der Waals surface area contributed by atoms with Crippen LogP contribution in [0, 0.1) is 0 Å². The molecule has 0 radical (unpaired) electrons. The zero-order chi connectivity index (χ0) is 12.3. The second-order valence-electron chi connectivity index (χ2n) is 3.13. The first-order valence-corrected chi connectivity index (χ1v) is 5.42. The molecule has 16 heavy (non-hydrogen) atoms. The minimum atomic E-state index is -4.73. The number of Topliss-reactive ketones (excluding diaryl/α,β-unsaturated/α-hetero) is 1. The smallest absolute Gasteiger partial charge is 0.379 e. The molecule has 0 spiro atoms. The molecule has 6 heteroatoms. The topological polar surface area (TPSA) is 37.3 Å². The normalized spacial score (nSPS) is 13.6. The van der Waals surface area contributed by atoms with Crippen LogP contribution in [0.4, 0.5) is 13.2 Å². The van der Waals surface area contributed by atoms with Crippen molar-refractivity contribution >= 4 is 21.7 Å². The van der Waals surface area contributed by atoms with Crippen molar-refractivity contribution in [2.45, 2.75) is 12.3 Å². The van der Waals surface area contributed by atoms with Gasteiger partial charge in [0.25, 0.3) is 0 Å². The fraction of sp³-hybridized carbons (Fsp3) is 0.300. The van der Waals surface area contributed by atoms with Gasteiger partial charge in [0.15, 0.2) is 11.9 Å². The monoisotopic (exact) mass is 296 g/mol. The first kappa shape index (κ1) is 13.2. The summed E-state index contributed by atoms with van der Waals surface area (Å²) in [6.45, 7) is 0. The number of aliphatic hydroxyl groups excluding tert-OH is 1. The van der Waals surface area contributed by atoms with Gasteiger partial charge in [-0.1, -0.05) is 34.1 Å². The average Bonchev–Trinajstić information content (AvgIpc) is 2.26. The third kappa shape index (κ3) is 3.05. The number of hydrogen-bond acceptors (Lipinski definition) is 2. The summed E-state index contributed by atoms with van der Waals surface area (Å²) in [6, 6.07) is 4.88. The molecule has 0 aliphatic heterocycles. The Hall–Kier alpha value is -0.880. The Kier molecular flexibility index (Phi) is 4.09.